The molecular formula is C36H30Cl2N6O3. The number of hydrogen-bond donors (Lipinski definition) is 2. The second-order valence-electron chi connectivity index (χ2n) is 11.0. The first-order valence-electron chi connectivity index (χ1n) is 15.2. The fourth-order valence-corrected chi connectivity index (χ4v) is 5.74. The molecule has 5 heterocycles. The Kier molecular flexibility index (Phi) is 9.85. The summed E-state index contributed by atoms with van der Waals surface area (Å²) in [4.78, 5) is 52.0. The van der Waals surface area contributed by atoms with Crippen LogP contribution in [0.1, 0.15) is 46.4 Å². The molecule has 236 valence electrons. The summed E-state index contributed by atoms with van der Waals surface area (Å²) in [6, 6.07) is 25.2. The summed E-state index contributed by atoms with van der Waals surface area (Å²) in [7, 11) is 0. The first-order valence-corrected chi connectivity index (χ1v) is 15.9. The minimum atomic E-state index is -0.348. The van der Waals surface area contributed by atoms with Crippen molar-refractivity contribution >= 4 is 58.1 Å². The number of urea groups is 1. The molecule has 0 radical (unpaired) electrons. The molecule has 0 bridgehead atoms. The highest BCUT2D eigenvalue weighted by atomic mass is 35.5. The molecule has 0 unspecified atom stereocenters. The van der Waals surface area contributed by atoms with Crippen molar-refractivity contribution in [1.82, 2.24) is 15.0 Å². The van der Waals surface area contributed by atoms with E-state index < -0.39 is 0 Å². The first kappa shape index (κ1) is 31.8. The van der Waals surface area contributed by atoms with Crippen molar-refractivity contribution in [3.8, 4) is 22.5 Å². The predicted octanol–water partition coefficient (Wildman–Crippen LogP) is 8.60. The second-order valence-corrected chi connectivity index (χ2v) is 11.9. The largest absolute Gasteiger partial charge is 0.369 e. The van der Waals surface area contributed by atoms with Crippen LogP contribution in [0.15, 0.2) is 97.3 Å². The Balaban J connectivity index is 0.000000177. The SMILES string of the molecule is O=C1CCCN(C(=O)Nc2cccnc2)c2nc(-c3cccc(Cl)c3)ccc21.O=C1CCCNc2nc(-c3cccc(Cl)c3)ccc21. The Bertz CT molecular complexity index is 1950. The van der Waals surface area contributed by atoms with Gasteiger partial charge in [0.1, 0.15) is 11.6 Å². The molecule has 2 aromatic carbocycles. The van der Waals surface area contributed by atoms with Crippen LogP contribution in [0.4, 0.5) is 22.1 Å². The molecule has 3 aromatic heterocycles. The normalized spacial score (nSPS) is 14.0. The van der Waals surface area contributed by atoms with E-state index in [1.807, 2.05) is 48.5 Å². The Hall–Kier alpha value is -5.12. The smallest absolute Gasteiger partial charge is 0.327 e. The average Bonchev–Trinajstić information content (AvgIpc) is 3.37. The molecule has 2 aliphatic heterocycles. The zero-order valence-electron chi connectivity index (χ0n) is 25.2. The maximum atomic E-state index is 12.9. The van der Waals surface area contributed by atoms with Gasteiger partial charge in [-0.25, -0.2) is 14.8 Å². The quantitative estimate of drug-likeness (QED) is 0.198. The Morgan fingerprint density at radius 1 is 0.766 bits per heavy atom. The molecular weight excluding hydrogens is 635 g/mol. The third kappa shape index (κ3) is 7.65. The van der Waals surface area contributed by atoms with E-state index in [9.17, 15) is 14.4 Å². The molecule has 2 aliphatic rings. The zero-order chi connectivity index (χ0) is 32.8. The number of amides is 2. The van der Waals surface area contributed by atoms with Crippen LogP contribution in [0, 0.1) is 0 Å². The minimum absolute atomic E-state index is 0.0168. The Labute approximate surface area is 282 Å². The molecule has 2 amide bonds. The van der Waals surface area contributed by atoms with E-state index in [1.54, 1.807) is 48.8 Å². The minimum Gasteiger partial charge on any atom is -0.369 e. The summed E-state index contributed by atoms with van der Waals surface area (Å²) >= 11 is 12.1. The maximum Gasteiger partial charge on any atom is 0.327 e. The molecule has 47 heavy (non-hydrogen) atoms. The van der Waals surface area contributed by atoms with Gasteiger partial charge in [-0.2, -0.15) is 0 Å². The number of benzene rings is 2. The van der Waals surface area contributed by atoms with Crippen LogP contribution < -0.4 is 15.5 Å². The zero-order valence-corrected chi connectivity index (χ0v) is 26.8. The highest BCUT2D eigenvalue weighted by Crippen LogP contribution is 2.30. The van der Waals surface area contributed by atoms with Gasteiger partial charge in [0.05, 0.1) is 34.4 Å². The highest BCUT2D eigenvalue weighted by molar-refractivity contribution is 6.31. The molecule has 0 spiro atoms. The van der Waals surface area contributed by atoms with E-state index in [0.29, 0.717) is 70.0 Å². The number of aromatic nitrogens is 3. The predicted molar refractivity (Wildman–Crippen MR) is 186 cm³/mol. The maximum absolute atomic E-state index is 12.9. The van der Waals surface area contributed by atoms with E-state index in [0.717, 1.165) is 29.8 Å². The highest BCUT2D eigenvalue weighted by Gasteiger charge is 2.27. The lowest BCUT2D eigenvalue weighted by atomic mass is 10.1. The summed E-state index contributed by atoms with van der Waals surface area (Å²) in [6.45, 7) is 1.18. The van der Waals surface area contributed by atoms with Gasteiger partial charge >= 0.3 is 6.03 Å². The molecule has 0 saturated heterocycles. The molecule has 5 aromatic rings. The topological polar surface area (TPSA) is 117 Å². The molecule has 7 rings (SSSR count). The van der Waals surface area contributed by atoms with Crippen molar-refractivity contribution in [3.05, 3.63) is 118 Å². The molecule has 11 heteroatoms. The summed E-state index contributed by atoms with van der Waals surface area (Å²) < 4.78 is 0. The van der Waals surface area contributed by atoms with E-state index in [-0.39, 0.29) is 17.6 Å². The number of nitrogens with one attached hydrogen (secondary N) is 2. The number of ketones is 2. The van der Waals surface area contributed by atoms with Crippen LogP contribution in [0.25, 0.3) is 22.5 Å². The van der Waals surface area contributed by atoms with Gasteiger partial charge in [-0.1, -0.05) is 47.5 Å². The second kappa shape index (κ2) is 14.5. The lowest BCUT2D eigenvalue weighted by Crippen LogP contribution is -2.36. The van der Waals surface area contributed by atoms with Crippen LogP contribution in [0.3, 0.4) is 0 Å². The molecule has 2 N–H and O–H groups in total. The van der Waals surface area contributed by atoms with Gasteiger partial charge in [0.15, 0.2) is 11.6 Å². The molecule has 9 nitrogen and oxygen atoms in total. The van der Waals surface area contributed by atoms with Crippen molar-refractivity contribution in [2.24, 2.45) is 0 Å². The fourth-order valence-electron chi connectivity index (χ4n) is 5.36. The van der Waals surface area contributed by atoms with Gasteiger partial charge in [0.2, 0.25) is 0 Å². The molecule has 0 atom stereocenters. The number of fused-ring (bicyclic) bond motifs is 2. The Morgan fingerprint density at radius 2 is 1.43 bits per heavy atom. The van der Waals surface area contributed by atoms with Gasteiger partial charge in [-0.3, -0.25) is 19.5 Å². The molecule has 0 saturated carbocycles. The van der Waals surface area contributed by atoms with Gasteiger partial charge in [-0.15, -0.1) is 0 Å². The Morgan fingerprint density at radius 3 is 2.11 bits per heavy atom. The number of halogens is 2. The van der Waals surface area contributed by atoms with Crippen molar-refractivity contribution in [2.45, 2.75) is 25.7 Å². The number of Topliss-reactive ketones (excluding diaryl/α,β-unsaturated/α-hetero) is 2. The average molecular weight is 666 g/mol. The monoisotopic (exact) mass is 664 g/mol. The van der Waals surface area contributed by atoms with Crippen molar-refractivity contribution in [3.63, 3.8) is 0 Å². The molecule has 0 aliphatic carbocycles. The van der Waals surface area contributed by atoms with Crippen molar-refractivity contribution < 1.29 is 14.4 Å². The number of carbonyl (C=O) groups is 3. The first-order chi connectivity index (χ1) is 22.9. The van der Waals surface area contributed by atoms with Gasteiger partial charge in [0.25, 0.3) is 0 Å². The molecule has 0 fully saturated rings. The van der Waals surface area contributed by atoms with Crippen molar-refractivity contribution in [1.29, 1.82) is 0 Å². The summed E-state index contributed by atoms with van der Waals surface area (Å²) in [5, 5.41) is 7.30. The van der Waals surface area contributed by atoms with Crippen molar-refractivity contribution in [2.75, 3.05) is 28.6 Å². The third-order valence-electron chi connectivity index (χ3n) is 7.68. The lowest BCUT2D eigenvalue weighted by Gasteiger charge is -2.22. The van der Waals surface area contributed by atoms with E-state index >= 15 is 0 Å². The van der Waals surface area contributed by atoms with Crippen LogP contribution in [0.2, 0.25) is 10.0 Å². The number of hydrogen-bond acceptors (Lipinski definition) is 7. The number of nitrogens with zero attached hydrogens (tertiary/aromatic N) is 4. The summed E-state index contributed by atoms with van der Waals surface area (Å²) in [6.07, 6.45) is 5.58. The van der Waals surface area contributed by atoms with Gasteiger partial charge in [-0.05, 0) is 73.5 Å². The fraction of sp³-hybridized carbons (Fsp3) is 0.167. The lowest BCUT2D eigenvalue weighted by molar-refractivity contribution is 0.0975. The third-order valence-corrected chi connectivity index (χ3v) is 8.15. The summed E-state index contributed by atoms with van der Waals surface area (Å²) in [5.41, 5.74) is 4.95. The van der Waals surface area contributed by atoms with Crippen LogP contribution in [0.5, 0.6) is 0 Å². The van der Waals surface area contributed by atoms with Gasteiger partial charge < -0.3 is 10.6 Å². The standard InChI is InChI=1S/C21H17ClN4O2.C15H13ClN2O/c22-15-5-1-4-14(12-15)18-9-8-17-19(27)7-3-11-26(20(17)25-18)21(28)24-16-6-2-10-23-13-16;16-11-4-1-3-10(9-11)13-7-6-12-14(19)5-2-8-17-15(12)18-13/h1-2,4-6,8-10,12-13H,3,7,11H2,(H,24,28);1,3-4,6-7,9H,2,5,8H2,(H,17,18). The van der Waals surface area contributed by atoms with Gasteiger partial charge in [0, 0.05) is 53.3 Å². The number of pyridine rings is 3. The van der Waals surface area contributed by atoms with Crippen LogP contribution >= 0.6 is 23.2 Å². The van der Waals surface area contributed by atoms with E-state index in [4.69, 9.17) is 23.2 Å². The van der Waals surface area contributed by atoms with Crippen LogP contribution in [-0.4, -0.2) is 45.6 Å². The summed E-state index contributed by atoms with van der Waals surface area (Å²) in [5.74, 6) is 1.18. The van der Waals surface area contributed by atoms with E-state index in [1.165, 1.54) is 4.90 Å². The van der Waals surface area contributed by atoms with Crippen LogP contribution in [-0.2, 0) is 0 Å². The number of carbonyl (C=O) groups excluding carboxylic acids is 3. The number of anilines is 3. The number of rotatable bonds is 3. The van der Waals surface area contributed by atoms with E-state index in [2.05, 4.69) is 25.6 Å².